The standard InChI is InChI=1S/C13H24N2O/c1-4-12(5-2)13(16)9-14-8-11-6-7-15(3)10-11/h6-7,10,12-14,16H,4-5,8-9H2,1-3H3. The summed E-state index contributed by atoms with van der Waals surface area (Å²) < 4.78 is 2.04. The van der Waals surface area contributed by atoms with Crippen LogP contribution in [-0.2, 0) is 13.6 Å². The highest BCUT2D eigenvalue weighted by atomic mass is 16.3. The van der Waals surface area contributed by atoms with Crippen LogP contribution in [0.4, 0.5) is 0 Å². The van der Waals surface area contributed by atoms with Gasteiger partial charge in [0.05, 0.1) is 6.10 Å². The second-order valence-electron chi connectivity index (χ2n) is 4.46. The third-order valence-corrected chi connectivity index (χ3v) is 3.17. The first-order valence-electron chi connectivity index (χ1n) is 6.17. The molecule has 1 aromatic heterocycles. The lowest BCUT2D eigenvalue weighted by Crippen LogP contribution is -2.32. The van der Waals surface area contributed by atoms with E-state index in [1.165, 1.54) is 5.56 Å². The van der Waals surface area contributed by atoms with Crippen LogP contribution < -0.4 is 5.32 Å². The molecule has 16 heavy (non-hydrogen) atoms. The van der Waals surface area contributed by atoms with Gasteiger partial charge in [-0.3, -0.25) is 0 Å². The molecule has 1 aromatic rings. The average molecular weight is 224 g/mol. The van der Waals surface area contributed by atoms with E-state index in [9.17, 15) is 5.11 Å². The molecule has 0 spiro atoms. The molecule has 0 amide bonds. The lowest BCUT2D eigenvalue weighted by atomic mass is 9.96. The lowest BCUT2D eigenvalue weighted by molar-refractivity contribution is 0.101. The van der Waals surface area contributed by atoms with Crippen LogP contribution in [-0.4, -0.2) is 22.3 Å². The molecular weight excluding hydrogens is 200 g/mol. The largest absolute Gasteiger partial charge is 0.392 e. The van der Waals surface area contributed by atoms with Crippen LogP contribution in [0, 0.1) is 5.92 Å². The van der Waals surface area contributed by atoms with Crippen LogP contribution in [0.2, 0.25) is 0 Å². The third-order valence-electron chi connectivity index (χ3n) is 3.17. The fourth-order valence-electron chi connectivity index (χ4n) is 2.03. The van der Waals surface area contributed by atoms with Crippen LogP contribution in [0.3, 0.4) is 0 Å². The van der Waals surface area contributed by atoms with Crippen molar-refractivity contribution < 1.29 is 5.11 Å². The van der Waals surface area contributed by atoms with E-state index in [0.29, 0.717) is 12.5 Å². The van der Waals surface area contributed by atoms with Gasteiger partial charge in [0, 0.05) is 32.5 Å². The first-order chi connectivity index (χ1) is 7.67. The Morgan fingerprint density at radius 3 is 2.56 bits per heavy atom. The molecule has 0 aliphatic rings. The van der Waals surface area contributed by atoms with E-state index in [4.69, 9.17) is 0 Å². The highest BCUT2D eigenvalue weighted by Gasteiger charge is 2.14. The van der Waals surface area contributed by atoms with E-state index < -0.39 is 0 Å². The molecule has 3 heteroatoms. The predicted molar refractivity (Wildman–Crippen MR) is 67.2 cm³/mol. The van der Waals surface area contributed by atoms with Crippen molar-refractivity contribution in [2.45, 2.75) is 39.3 Å². The van der Waals surface area contributed by atoms with Gasteiger partial charge < -0.3 is 15.0 Å². The number of hydrogen-bond acceptors (Lipinski definition) is 2. The van der Waals surface area contributed by atoms with Gasteiger partial charge >= 0.3 is 0 Å². The summed E-state index contributed by atoms with van der Waals surface area (Å²) in [6.07, 6.45) is 6.00. The van der Waals surface area contributed by atoms with Gasteiger partial charge in [-0.2, -0.15) is 0 Å². The van der Waals surface area contributed by atoms with Crippen LogP contribution in [0.1, 0.15) is 32.3 Å². The van der Waals surface area contributed by atoms with E-state index in [0.717, 1.165) is 19.4 Å². The van der Waals surface area contributed by atoms with E-state index >= 15 is 0 Å². The minimum atomic E-state index is -0.223. The average Bonchev–Trinajstić information content (AvgIpc) is 2.66. The van der Waals surface area contributed by atoms with Gasteiger partial charge in [0.25, 0.3) is 0 Å². The van der Waals surface area contributed by atoms with Gasteiger partial charge in [0.2, 0.25) is 0 Å². The molecule has 0 aromatic carbocycles. The van der Waals surface area contributed by atoms with Gasteiger partial charge in [-0.15, -0.1) is 0 Å². The summed E-state index contributed by atoms with van der Waals surface area (Å²) in [5.41, 5.74) is 1.26. The molecule has 1 rings (SSSR count). The van der Waals surface area contributed by atoms with E-state index in [2.05, 4.69) is 31.4 Å². The number of rotatable bonds is 7. The summed E-state index contributed by atoms with van der Waals surface area (Å²) in [5.74, 6) is 0.420. The molecule has 2 N–H and O–H groups in total. The van der Waals surface area contributed by atoms with Crippen molar-refractivity contribution in [3.8, 4) is 0 Å². The molecule has 0 saturated carbocycles. The van der Waals surface area contributed by atoms with Crippen molar-refractivity contribution in [3.05, 3.63) is 24.0 Å². The van der Waals surface area contributed by atoms with Crippen LogP contribution in [0.15, 0.2) is 18.5 Å². The van der Waals surface area contributed by atoms with Crippen LogP contribution in [0.25, 0.3) is 0 Å². The molecule has 1 atom stereocenters. The summed E-state index contributed by atoms with van der Waals surface area (Å²) in [6.45, 7) is 5.78. The normalized spacial score (nSPS) is 13.3. The zero-order valence-electron chi connectivity index (χ0n) is 10.6. The molecule has 0 fully saturated rings. The second kappa shape index (κ2) is 6.71. The van der Waals surface area contributed by atoms with E-state index in [1.807, 2.05) is 17.8 Å². The number of nitrogens with zero attached hydrogens (tertiary/aromatic N) is 1. The maximum absolute atomic E-state index is 9.92. The Hall–Kier alpha value is -0.800. The Bertz CT molecular complexity index is 292. The summed E-state index contributed by atoms with van der Waals surface area (Å²) >= 11 is 0. The van der Waals surface area contributed by atoms with Crippen molar-refractivity contribution in [3.63, 3.8) is 0 Å². The Morgan fingerprint density at radius 2 is 2.06 bits per heavy atom. The summed E-state index contributed by atoms with van der Waals surface area (Å²) in [7, 11) is 2.02. The molecular formula is C13H24N2O. The molecule has 92 valence electrons. The van der Waals surface area contributed by atoms with Crippen molar-refractivity contribution in [1.82, 2.24) is 9.88 Å². The summed E-state index contributed by atoms with van der Waals surface area (Å²) in [5, 5.41) is 13.2. The number of nitrogens with one attached hydrogen (secondary N) is 1. The highest BCUT2D eigenvalue weighted by molar-refractivity contribution is 5.09. The lowest BCUT2D eigenvalue weighted by Gasteiger charge is -2.20. The molecule has 1 unspecified atom stereocenters. The summed E-state index contributed by atoms with van der Waals surface area (Å²) in [4.78, 5) is 0. The fourth-order valence-corrected chi connectivity index (χ4v) is 2.03. The second-order valence-corrected chi connectivity index (χ2v) is 4.46. The molecule has 0 aliphatic carbocycles. The third kappa shape index (κ3) is 3.99. The molecule has 0 aliphatic heterocycles. The van der Waals surface area contributed by atoms with Gasteiger partial charge in [-0.1, -0.05) is 26.7 Å². The molecule has 0 bridgehead atoms. The summed E-state index contributed by atoms with van der Waals surface area (Å²) in [6, 6.07) is 2.09. The number of hydrogen-bond donors (Lipinski definition) is 2. The van der Waals surface area contributed by atoms with E-state index in [1.54, 1.807) is 0 Å². The van der Waals surface area contributed by atoms with Crippen molar-refractivity contribution >= 4 is 0 Å². The molecule has 0 saturated heterocycles. The number of aryl methyl sites for hydroxylation is 1. The van der Waals surface area contributed by atoms with E-state index in [-0.39, 0.29) is 6.10 Å². The van der Waals surface area contributed by atoms with Crippen molar-refractivity contribution in [2.75, 3.05) is 6.54 Å². The first-order valence-corrected chi connectivity index (χ1v) is 6.17. The maximum atomic E-state index is 9.92. The van der Waals surface area contributed by atoms with Gasteiger partial charge in [-0.05, 0) is 17.5 Å². The fraction of sp³-hybridized carbons (Fsp3) is 0.692. The zero-order valence-corrected chi connectivity index (χ0v) is 10.6. The monoisotopic (exact) mass is 224 g/mol. The number of aliphatic hydroxyl groups excluding tert-OH is 1. The molecule has 0 radical (unpaired) electrons. The van der Waals surface area contributed by atoms with Crippen LogP contribution in [0.5, 0.6) is 0 Å². The van der Waals surface area contributed by atoms with Gasteiger partial charge in [0.15, 0.2) is 0 Å². The SMILES string of the molecule is CCC(CC)C(O)CNCc1ccn(C)c1. The smallest absolute Gasteiger partial charge is 0.0692 e. The minimum Gasteiger partial charge on any atom is -0.392 e. The maximum Gasteiger partial charge on any atom is 0.0692 e. The Balaban J connectivity index is 2.24. The first kappa shape index (κ1) is 13.3. The Morgan fingerprint density at radius 1 is 1.38 bits per heavy atom. The van der Waals surface area contributed by atoms with Crippen LogP contribution >= 0.6 is 0 Å². The number of aliphatic hydroxyl groups is 1. The van der Waals surface area contributed by atoms with Gasteiger partial charge in [-0.25, -0.2) is 0 Å². The predicted octanol–water partition coefficient (Wildman–Crippen LogP) is 1.91. The Labute approximate surface area is 98.5 Å². The Kier molecular flexibility index (Phi) is 5.56. The van der Waals surface area contributed by atoms with Crippen molar-refractivity contribution in [2.24, 2.45) is 13.0 Å². The molecule has 1 heterocycles. The van der Waals surface area contributed by atoms with Crippen molar-refractivity contribution in [1.29, 1.82) is 0 Å². The topological polar surface area (TPSA) is 37.2 Å². The quantitative estimate of drug-likeness (QED) is 0.742. The minimum absolute atomic E-state index is 0.223. The van der Waals surface area contributed by atoms with Gasteiger partial charge in [0.1, 0.15) is 0 Å². The zero-order chi connectivity index (χ0) is 12.0. The highest BCUT2D eigenvalue weighted by Crippen LogP contribution is 2.12. The number of aromatic nitrogens is 1. The molecule has 3 nitrogen and oxygen atoms in total.